The average Bonchev–Trinajstić information content (AvgIpc) is 2.37. The minimum absolute atomic E-state index is 0.259. The molecule has 0 aliphatic carbocycles. The number of aryl methyl sites for hydroxylation is 1. The summed E-state index contributed by atoms with van der Waals surface area (Å²) in [6.07, 6.45) is 0. The first kappa shape index (κ1) is 14.4. The number of para-hydroxylation sites is 1. The molecule has 0 atom stereocenters. The van der Waals surface area contributed by atoms with E-state index in [1.54, 1.807) is 24.3 Å². The Balaban J connectivity index is 2.34. The fourth-order valence-corrected chi connectivity index (χ4v) is 2.56. The van der Waals surface area contributed by atoms with Crippen LogP contribution in [0.4, 0.5) is 5.69 Å². The van der Waals surface area contributed by atoms with E-state index in [0.29, 0.717) is 21.3 Å². The maximum atomic E-state index is 12.2. The van der Waals surface area contributed by atoms with E-state index in [2.05, 4.69) is 21.2 Å². The maximum Gasteiger partial charge on any atom is 0.256 e. The van der Waals surface area contributed by atoms with Gasteiger partial charge in [0.1, 0.15) is 0 Å². The third kappa shape index (κ3) is 3.11. The van der Waals surface area contributed by atoms with Crippen molar-refractivity contribution in [3.8, 4) is 0 Å². The van der Waals surface area contributed by atoms with Crippen molar-refractivity contribution in [3.63, 3.8) is 0 Å². The van der Waals surface area contributed by atoms with E-state index in [-0.39, 0.29) is 5.91 Å². The third-order valence-corrected chi connectivity index (χ3v) is 4.32. The van der Waals surface area contributed by atoms with Gasteiger partial charge in [-0.15, -0.1) is 0 Å². The van der Waals surface area contributed by atoms with Crippen molar-refractivity contribution in [2.75, 3.05) is 5.32 Å². The van der Waals surface area contributed by atoms with Crippen LogP contribution >= 0.6 is 39.1 Å². The molecule has 0 bridgehead atoms. The number of halogens is 3. The summed E-state index contributed by atoms with van der Waals surface area (Å²) in [6, 6.07) is 10.6. The highest BCUT2D eigenvalue weighted by Crippen LogP contribution is 2.31. The minimum Gasteiger partial charge on any atom is -0.319 e. The molecule has 0 radical (unpaired) electrons. The van der Waals surface area contributed by atoms with E-state index >= 15 is 0 Å². The van der Waals surface area contributed by atoms with Gasteiger partial charge in [0.05, 0.1) is 21.3 Å². The predicted octanol–water partition coefficient (Wildman–Crippen LogP) is 5.32. The summed E-state index contributed by atoms with van der Waals surface area (Å²) < 4.78 is 0.760. The van der Waals surface area contributed by atoms with Crippen LogP contribution in [-0.2, 0) is 0 Å². The Morgan fingerprint density at radius 2 is 1.68 bits per heavy atom. The van der Waals surface area contributed by atoms with Crippen LogP contribution < -0.4 is 5.32 Å². The molecule has 1 N–H and O–H groups in total. The Bertz CT molecular complexity index is 623. The van der Waals surface area contributed by atoms with Gasteiger partial charge in [-0.3, -0.25) is 4.79 Å². The zero-order valence-corrected chi connectivity index (χ0v) is 13.1. The van der Waals surface area contributed by atoms with Gasteiger partial charge >= 0.3 is 0 Å². The van der Waals surface area contributed by atoms with Gasteiger partial charge in [0.15, 0.2) is 0 Å². The second-order valence-corrected chi connectivity index (χ2v) is 5.59. The highest BCUT2D eigenvalue weighted by Gasteiger charge is 2.14. The largest absolute Gasteiger partial charge is 0.319 e. The predicted molar refractivity (Wildman–Crippen MR) is 83.3 cm³/mol. The first-order valence-corrected chi connectivity index (χ1v) is 7.06. The molecule has 98 valence electrons. The molecule has 0 saturated carbocycles. The molecule has 0 aliphatic heterocycles. The number of nitrogens with one attached hydrogen (secondary N) is 1. The van der Waals surface area contributed by atoms with Crippen LogP contribution in [0, 0.1) is 6.92 Å². The number of carbonyl (C=O) groups is 1. The van der Waals surface area contributed by atoms with E-state index in [0.717, 1.165) is 10.0 Å². The normalized spacial score (nSPS) is 10.3. The van der Waals surface area contributed by atoms with Gasteiger partial charge in [0, 0.05) is 4.47 Å². The average molecular weight is 359 g/mol. The number of rotatable bonds is 2. The summed E-state index contributed by atoms with van der Waals surface area (Å²) in [6.45, 7) is 1.92. The molecular weight excluding hydrogens is 349 g/mol. The molecule has 0 saturated heterocycles. The summed E-state index contributed by atoms with van der Waals surface area (Å²) in [5.74, 6) is -0.259. The molecular formula is C14H10BrCl2NO. The fraction of sp³-hybridized carbons (Fsp3) is 0.0714. The van der Waals surface area contributed by atoms with Crippen molar-refractivity contribution < 1.29 is 4.79 Å². The molecule has 0 heterocycles. The lowest BCUT2D eigenvalue weighted by atomic mass is 10.1. The van der Waals surface area contributed by atoms with Crippen molar-refractivity contribution in [3.05, 3.63) is 62.0 Å². The van der Waals surface area contributed by atoms with Gasteiger partial charge in [0.2, 0.25) is 0 Å². The molecule has 2 aromatic rings. The zero-order valence-electron chi connectivity index (χ0n) is 10.0. The smallest absolute Gasteiger partial charge is 0.256 e. The molecule has 2 nitrogen and oxygen atoms in total. The van der Waals surface area contributed by atoms with Crippen LogP contribution in [0.2, 0.25) is 10.0 Å². The monoisotopic (exact) mass is 357 g/mol. The lowest BCUT2D eigenvalue weighted by molar-refractivity contribution is 0.102. The number of benzene rings is 2. The second kappa shape index (κ2) is 5.95. The number of anilines is 1. The van der Waals surface area contributed by atoms with E-state index in [1.807, 2.05) is 19.1 Å². The molecule has 1 amide bonds. The van der Waals surface area contributed by atoms with E-state index in [4.69, 9.17) is 23.2 Å². The lowest BCUT2D eigenvalue weighted by Gasteiger charge is -2.11. The van der Waals surface area contributed by atoms with Gasteiger partial charge < -0.3 is 5.32 Å². The molecule has 2 rings (SSSR count). The first-order valence-electron chi connectivity index (χ1n) is 5.51. The Morgan fingerprint density at radius 1 is 1.11 bits per heavy atom. The van der Waals surface area contributed by atoms with Gasteiger partial charge in [-0.25, -0.2) is 0 Å². The lowest BCUT2D eigenvalue weighted by Crippen LogP contribution is -2.13. The Labute approximate surface area is 129 Å². The van der Waals surface area contributed by atoms with Crippen molar-refractivity contribution in [2.45, 2.75) is 6.92 Å². The molecule has 19 heavy (non-hydrogen) atoms. The summed E-state index contributed by atoms with van der Waals surface area (Å²) in [4.78, 5) is 12.2. The quantitative estimate of drug-likeness (QED) is 0.773. The van der Waals surface area contributed by atoms with Gasteiger partial charge in [0.25, 0.3) is 5.91 Å². The topological polar surface area (TPSA) is 29.1 Å². The van der Waals surface area contributed by atoms with Crippen molar-refractivity contribution in [1.29, 1.82) is 0 Å². The van der Waals surface area contributed by atoms with Crippen LogP contribution in [0.3, 0.4) is 0 Å². The fourth-order valence-electron chi connectivity index (χ4n) is 1.62. The number of amides is 1. The van der Waals surface area contributed by atoms with Crippen molar-refractivity contribution in [2.24, 2.45) is 0 Å². The minimum atomic E-state index is -0.259. The maximum absolute atomic E-state index is 12.2. The van der Waals surface area contributed by atoms with Gasteiger partial charge in [-0.05, 0) is 46.6 Å². The Kier molecular flexibility index (Phi) is 4.50. The van der Waals surface area contributed by atoms with E-state index < -0.39 is 0 Å². The first-order chi connectivity index (χ1) is 9.00. The molecule has 0 aliphatic rings. The van der Waals surface area contributed by atoms with E-state index in [1.165, 1.54) is 0 Å². The second-order valence-electron chi connectivity index (χ2n) is 3.99. The van der Waals surface area contributed by atoms with Crippen LogP contribution in [0.5, 0.6) is 0 Å². The summed E-state index contributed by atoms with van der Waals surface area (Å²) in [7, 11) is 0. The summed E-state index contributed by atoms with van der Waals surface area (Å²) in [5, 5.41) is 3.54. The summed E-state index contributed by atoms with van der Waals surface area (Å²) >= 11 is 15.4. The zero-order chi connectivity index (χ0) is 14.0. The number of hydrogen-bond acceptors (Lipinski definition) is 1. The SMILES string of the molecule is Cc1cccc(C(=O)Nc2c(Cl)cccc2Cl)c1Br. The standard InChI is InChI=1S/C14H10BrCl2NO/c1-8-4-2-5-9(12(8)15)14(19)18-13-10(16)6-3-7-11(13)17/h2-7H,1H3,(H,18,19). The molecule has 5 heteroatoms. The Hall–Kier alpha value is -1.03. The molecule has 0 aromatic heterocycles. The third-order valence-electron chi connectivity index (χ3n) is 2.64. The van der Waals surface area contributed by atoms with E-state index in [9.17, 15) is 4.79 Å². The summed E-state index contributed by atoms with van der Waals surface area (Å²) in [5.41, 5.74) is 1.94. The molecule has 2 aromatic carbocycles. The highest BCUT2D eigenvalue weighted by atomic mass is 79.9. The van der Waals surface area contributed by atoms with Crippen LogP contribution in [0.25, 0.3) is 0 Å². The van der Waals surface area contributed by atoms with Crippen molar-refractivity contribution >= 4 is 50.7 Å². The van der Waals surface area contributed by atoms with Crippen molar-refractivity contribution in [1.82, 2.24) is 0 Å². The number of hydrogen-bond donors (Lipinski definition) is 1. The van der Waals surface area contributed by atoms with Crippen LogP contribution in [0.15, 0.2) is 40.9 Å². The Morgan fingerprint density at radius 3 is 2.32 bits per heavy atom. The highest BCUT2D eigenvalue weighted by molar-refractivity contribution is 9.10. The van der Waals surface area contributed by atoms with Crippen LogP contribution in [-0.4, -0.2) is 5.91 Å². The molecule has 0 fully saturated rings. The van der Waals surface area contributed by atoms with Gasteiger partial charge in [-0.1, -0.05) is 41.4 Å². The number of carbonyl (C=O) groups excluding carboxylic acids is 1. The van der Waals surface area contributed by atoms with Gasteiger partial charge in [-0.2, -0.15) is 0 Å². The molecule has 0 spiro atoms. The van der Waals surface area contributed by atoms with Crippen LogP contribution in [0.1, 0.15) is 15.9 Å². The molecule has 0 unspecified atom stereocenters.